The second kappa shape index (κ2) is 3.49. The molecule has 2 N–H and O–H groups in total. The number of anilines is 1. The molecule has 3 aromatic rings. The number of fused-ring (bicyclic) bond motifs is 1. The summed E-state index contributed by atoms with van der Waals surface area (Å²) in [4.78, 5) is 15.4. The van der Waals surface area contributed by atoms with Crippen molar-refractivity contribution in [2.24, 2.45) is 7.05 Å². The average molecular weight is 245 g/mol. The molecule has 3 rings (SSSR count). The number of hydrogen-bond acceptors (Lipinski definition) is 5. The van der Waals surface area contributed by atoms with Gasteiger partial charge < -0.3 is 14.6 Å². The van der Waals surface area contributed by atoms with Crippen LogP contribution in [0.1, 0.15) is 5.69 Å². The molecule has 6 heteroatoms. The van der Waals surface area contributed by atoms with Gasteiger partial charge in [0.25, 0.3) is 6.01 Å². The van der Waals surface area contributed by atoms with Crippen molar-refractivity contribution < 1.29 is 8.83 Å². The predicted octanol–water partition coefficient (Wildman–Crippen LogP) is 1.68. The molecular formula is C12H11N3O3. The SMILES string of the molecule is Cc1nc(N)oc1-c1ccc2c(c1)oc(=O)n2C. The van der Waals surface area contributed by atoms with Crippen molar-refractivity contribution in [3.63, 3.8) is 0 Å². The van der Waals surface area contributed by atoms with Gasteiger partial charge in [0.2, 0.25) is 0 Å². The van der Waals surface area contributed by atoms with Crippen molar-refractivity contribution in [3.8, 4) is 11.3 Å². The van der Waals surface area contributed by atoms with Crippen LogP contribution in [0.15, 0.2) is 31.8 Å². The molecule has 0 amide bonds. The van der Waals surface area contributed by atoms with Gasteiger partial charge in [-0.1, -0.05) is 0 Å². The molecule has 92 valence electrons. The number of aryl methyl sites for hydroxylation is 2. The molecule has 0 aliphatic rings. The summed E-state index contributed by atoms with van der Waals surface area (Å²) in [6, 6.07) is 5.50. The summed E-state index contributed by atoms with van der Waals surface area (Å²) in [5, 5.41) is 0. The van der Waals surface area contributed by atoms with E-state index in [0.717, 1.165) is 11.1 Å². The van der Waals surface area contributed by atoms with Crippen molar-refractivity contribution in [3.05, 3.63) is 34.4 Å². The quantitative estimate of drug-likeness (QED) is 0.704. The van der Waals surface area contributed by atoms with Gasteiger partial charge in [-0.15, -0.1) is 0 Å². The summed E-state index contributed by atoms with van der Waals surface area (Å²) >= 11 is 0. The Bertz CT molecular complexity index is 795. The Balaban J connectivity index is 2.25. The van der Waals surface area contributed by atoms with Crippen LogP contribution in [0.5, 0.6) is 0 Å². The molecule has 0 spiro atoms. The number of hydrogen-bond donors (Lipinski definition) is 1. The first-order chi connectivity index (χ1) is 8.56. The summed E-state index contributed by atoms with van der Waals surface area (Å²) < 4.78 is 11.9. The third kappa shape index (κ3) is 1.42. The molecule has 0 saturated heterocycles. The van der Waals surface area contributed by atoms with Gasteiger partial charge in [-0.25, -0.2) is 4.79 Å². The van der Waals surface area contributed by atoms with Crippen molar-refractivity contribution in [2.75, 3.05) is 5.73 Å². The van der Waals surface area contributed by atoms with Gasteiger partial charge in [0.15, 0.2) is 11.3 Å². The van der Waals surface area contributed by atoms with Crippen molar-refractivity contribution >= 4 is 17.1 Å². The zero-order valence-electron chi connectivity index (χ0n) is 9.93. The molecule has 0 aliphatic heterocycles. The van der Waals surface area contributed by atoms with E-state index in [9.17, 15) is 4.79 Å². The minimum atomic E-state index is -0.393. The molecule has 0 fully saturated rings. The fraction of sp³-hybridized carbons (Fsp3) is 0.167. The molecule has 2 aromatic heterocycles. The zero-order valence-corrected chi connectivity index (χ0v) is 9.93. The number of oxazole rings is 2. The number of benzene rings is 1. The highest BCUT2D eigenvalue weighted by Crippen LogP contribution is 2.28. The second-order valence-corrected chi connectivity index (χ2v) is 4.08. The molecule has 0 saturated carbocycles. The van der Waals surface area contributed by atoms with Crippen LogP contribution in [-0.2, 0) is 7.05 Å². The average Bonchev–Trinajstić information content (AvgIpc) is 2.80. The third-order valence-corrected chi connectivity index (χ3v) is 2.87. The summed E-state index contributed by atoms with van der Waals surface area (Å²) in [7, 11) is 1.66. The van der Waals surface area contributed by atoms with E-state index in [1.54, 1.807) is 26.1 Å². The van der Waals surface area contributed by atoms with Gasteiger partial charge in [-0.2, -0.15) is 4.98 Å². The number of nitrogens with zero attached hydrogens (tertiary/aromatic N) is 2. The van der Waals surface area contributed by atoms with Gasteiger partial charge >= 0.3 is 5.76 Å². The summed E-state index contributed by atoms with van der Waals surface area (Å²) in [5.41, 5.74) is 8.22. The first kappa shape index (κ1) is 10.6. The normalized spacial score (nSPS) is 11.2. The van der Waals surface area contributed by atoms with E-state index in [1.165, 1.54) is 4.57 Å². The Morgan fingerprint density at radius 1 is 1.33 bits per heavy atom. The highest BCUT2D eigenvalue weighted by molar-refractivity contribution is 5.79. The van der Waals surface area contributed by atoms with Crippen LogP contribution in [0.25, 0.3) is 22.4 Å². The van der Waals surface area contributed by atoms with E-state index < -0.39 is 5.76 Å². The van der Waals surface area contributed by atoms with E-state index in [1.807, 2.05) is 6.07 Å². The number of aromatic nitrogens is 2. The Hall–Kier alpha value is -2.50. The van der Waals surface area contributed by atoms with Crippen LogP contribution in [0.3, 0.4) is 0 Å². The molecule has 0 radical (unpaired) electrons. The standard InChI is InChI=1S/C12H11N3O3/c1-6-10(18-11(13)14-6)7-3-4-8-9(5-7)17-12(16)15(8)2/h3-5H,1-2H3,(H2,13,14). The molecule has 0 aliphatic carbocycles. The predicted molar refractivity (Wildman–Crippen MR) is 66.1 cm³/mol. The van der Waals surface area contributed by atoms with Crippen LogP contribution in [0.4, 0.5) is 6.01 Å². The van der Waals surface area contributed by atoms with Gasteiger partial charge in [-0.3, -0.25) is 4.57 Å². The molecule has 0 unspecified atom stereocenters. The lowest BCUT2D eigenvalue weighted by Gasteiger charge is -1.97. The molecule has 0 atom stereocenters. The number of rotatable bonds is 1. The smallest absolute Gasteiger partial charge is 0.419 e. The van der Waals surface area contributed by atoms with E-state index in [-0.39, 0.29) is 6.01 Å². The third-order valence-electron chi connectivity index (χ3n) is 2.87. The lowest BCUT2D eigenvalue weighted by Crippen LogP contribution is -2.08. The Morgan fingerprint density at radius 2 is 2.11 bits per heavy atom. The van der Waals surface area contributed by atoms with Crippen molar-refractivity contribution in [1.29, 1.82) is 0 Å². The largest absolute Gasteiger partial charge is 0.423 e. The van der Waals surface area contributed by atoms with Crippen molar-refractivity contribution in [2.45, 2.75) is 6.92 Å². The maximum Gasteiger partial charge on any atom is 0.419 e. The molecular weight excluding hydrogens is 234 g/mol. The van der Waals surface area contributed by atoms with Crippen LogP contribution >= 0.6 is 0 Å². The van der Waals surface area contributed by atoms with Gasteiger partial charge in [-0.05, 0) is 25.1 Å². The molecule has 0 bridgehead atoms. The minimum Gasteiger partial charge on any atom is -0.423 e. The first-order valence-corrected chi connectivity index (χ1v) is 5.39. The highest BCUT2D eigenvalue weighted by atomic mass is 16.4. The lowest BCUT2D eigenvalue weighted by molar-refractivity contribution is 0.528. The van der Waals surface area contributed by atoms with E-state index in [2.05, 4.69) is 4.98 Å². The van der Waals surface area contributed by atoms with Crippen LogP contribution < -0.4 is 11.5 Å². The maximum atomic E-state index is 11.4. The molecule has 2 heterocycles. The van der Waals surface area contributed by atoms with Crippen LogP contribution in [-0.4, -0.2) is 9.55 Å². The fourth-order valence-corrected chi connectivity index (χ4v) is 1.96. The van der Waals surface area contributed by atoms with E-state index >= 15 is 0 Å². The topological polar surface area (TPSA) is 87.2 Å². The van der Waals surface area contributed by atoms with Crippen LogP contribution in [0.2, 0.25) is 0 Å². The molecule has 1 aromatic carbocycles. The summed E-state index contributed by atoms with van der Waals surface area (Å²) in [5.74, 6) is 0.192. The second-order valence-electron chi connectivity index (χ2n) is 4.08. The number of nitrogens with two attached hydrogens (primary N) is 1. The summed E-state index contributed by atoms with van der Waals surface area (Å²) in [6.45, 7) is 1.81. The highest BCUT2D eigenvalue weighted by Gasteiger charge is 2.13. The van der Waals surface area contributed by atoms with Gasteiger partial charge in [0, 0.05) is 12.6 Å². The fourth-order valence-electron chi connectivity index (χ4n) is 1.96. The maximum absolute atomic E-state index is 11.4. The zero-order chi connectivity index (χ0) is 12.9. The lowest BCUT2D eigenvalue weighted by atomic mass is 10.1. The number of nitrogen functional groups attached to an aromatic ring is 1. The van der Waals surface area contributed by atoms with Gasteiger partial charge in [0.05, 0.1) is 11.2 Å². The van der Waals surface area contributed by atoms with Crippen LogP contribution in [0, 0.1) is 6.92 Å². The Kier molecular flexibility index (Phi) is 2.07. The van der Waals surface area contributed by atoms with E-state index in [4.69, 9.17) is 14.6 Å². The van der Waals surface area contributed by atoms with E-state index in [0.29, 0.717) is 17.0 Å². The van der Waals surface area contributed by atoms with Gasteiger partial charge in [0.1, 0.15) is 0 Å². The Labute approximate surface area is 102 Å². The monoisotopic (exact) mass is 245 g/mol. The van der Waals surface area contributed by atoms with Crippen molar-refractivity contribution in [1.82, 2.24) is 9.55 Å². The molecule has 6 nitrogen and oxygen atoms in total. The summed E-state index contributed by atoms with van der Waals surface area (Å²) in [6.07, 6.45) is 0. The minimum absolute atomic E-state index is 0.122. The molecule has 18 heavy (non-hydrogen) atoms. The first-order valence-electron chi connectivity index (χ1n) is 5.39. The Morgan fingerprint density at radius 3 is 2.78 bits per heavy atom.